The fourth-order valence-corrected chi connectivity index (χ4v) is 1.40. The van der Waals surface area contributed by atoms with Crippen molar-refractivity contribution < 1.29 is 36.1 Å². The van der Waals surface area contributed by atoms with Crippen molar-refractivity contribution in [3.63, 3.8) is 0 Å². The molecular formula is C9H17NO7. The average Bonchev–Trinajstić information content (AvgIpc) is 2.31. The van der Waals surface area contributed by atoms with Gasteiger partial charge in [-0.3, -0.25) is 0 Å². The first-order valence-electron chi connectivity index (χ1n) is 5.52. The lowest BCUT2D eigenvalue weighted by Crippen LogP contribution is -2.63. The third-order valence-corrected chi connectivity index (χ3v) is 2.43. The minimum atomic E-state index is -2.29. The van der Waals surface area contributed by atoms with Gasteiger partial charge in [-0.1, -0.05) is 0 Å². The molecule has 0 aromatic rings. The Hall–Kier alpha value is -0.770. The first-order chi connectivity index (χ1) is 8.24. The molecule has 1 fully saturated rings. The van der Waals surface area contributed by atoms with Crippen LogP contribution >= 0.6 is 0 Å². The maximum atomic E-state index is 10.7. The van der Waals surface area contributed by atoms with Crippen molar-refractivity contribution in [3.8, 4) is 0 Å². The molecule has 100 valence electrons. The Labute approximate surface area is 99.0 Å². The number of rotatable bonds is 4. The summed E-state index contributed by atoms with van der Waals surface area (Å²) < 4.78 is 17.6. The van der Waals surface area contributed by atoms with Crippen LogP contribution in [0.4, 0.5) is 0 Å². The molecule has 1 aliphatic heterocycles. The molecule has 0 bridgehead atoms. The highest BCUT2D eigenvalue weighted by molar-refractivity contribution is 5.71. The van der Waals surface area contributed by atoms with E-state index in [0.717, 1.165) is 6.92 Å². The minimum Gasteiger partial charge on any atom is -0.479 e. The largest absolute Gasteiger partial charge is 0.479 e. The van der Waals surface area contributed by atoms with Crippen molar-refractivity contribution >= 4 is 5.97 Å². The highest BCUT2D eigenvalue weighted by Gasteiger charge is 2.44. The molecule has 0 aromatic carbocycles. The van der Waals surface area contributed by atoms with E-state index < -0.39 is 49.3 Å². The normalized spacial score (nSPS) is 45.1. The van der Waals surface area contributed by atoms with Crippen LogP contribution < -0.4 is 5.73 Å². The van der Waals surface area contributed by atoms with Crippen LogP contribution in [0.15, 0.2) is 0 Å². The first-order valence-corrected chi connectivity index (χ1v) is 5.02. The molecule has 17 heavy (non-hydrogen) atoms. The van der Waals surface area contributed by atoms with Crippen molar-refractivity contribution in [3.05, 3.63) is 0 Å². The lowest BCUT2D eigenvalue weighted by molar-refractivity contribution is -0.262. The van der Waals surface area contributed by atoms with Crippen LogP contribution in [0.25, 0.3) is 0 Å². The smallest absolute Gasteiger partial charge is 0.332 e. The van der Waals surface area contributed by atoms with Crippen LogP contribution in [-0.4, -0.2) is 69.7 Å². The van der Waals surface area contributed by atoms with Crippen LogP contribution in [0.2, 0.25) is 0 Å². The van der Waals surface area contributed by atoms with Gasteiger partial charge < -0.3 is 35.6 Å². The number of carbonyl (C=O) groups is 1. The van der Waals surface area contributed by atoms with Crippen LogP contribution in [0.5, 0.6) is 0 Å². The van der Waals surface area contributed by atoms with Crippen molar-refractivity contribution in [2.45, 2.75) is 43.6 Å². The Balaban J connectivity index is 2.95. The van der Waals surface area contributed by atoms with E-state index in [-0.39, 0.29) is 0 Å². The zero-order valence-corrected chi connectivity index (χ0v) is 9.18. The maximum Gasteiger partial charge on any atom is 0.332 e. The van der Waals surface area contributed by atoms with Gasteiger partial charge in [0.25, 0.3) is 0 Å². The van der Waals surface area contributed by atoms with Crippen LogP contribution in [0, 0.1) is 0 Å². The van der Waals surface area contributed by atoms with Gasteiger partial charge in [-0.2, -0.15) is 0 Å². The zero-order valence-electron chi connectivity index (χ0n) is 10.2. The molecule has 6 N–H and O–H groups in total. The molecule has 8 nitrogen and oxygen atoms in total. The van der Waals surface area contributed by atoms with Gasteiger partial charge in [0.15, 0.2) is 12.4 Å². The molecule has 1 heterocycles. The number of carboxylic acid groups (broad SMARTS) is 1. The second-order valence-electron chi connectivity index (χ2n) is 3.72. The van der Waals surface area contributed by atoms with Gasteiger partial charge >= 0.3 is 5.97 Å². The average molecular weight is 252 g/mol. The number of nitrogens with two attached hydrogens (primary N) is 1. The molecule has 1 aliphatic rings. The molecule has 0 aliphatic carbocycles. The fourth-order valence-electron chi connectivity index (χ4n) is 1.40. The summed E-state index contributed by atoms with van der Waals surface area (Å²) in [7, 11) is 0. The zero-order chi connectivity index (χ0) is 14.1. The van der Waals surface area contributed by atoms with Gasteiger partial charge in [-0.15, -0.1) is 0 Å². The molecule has 0 spiro atoms. The van der Waals surface area contributed by atoms with Crippen LogP contribution in [0.3, 0.4) is 0 Å². The highest BCUT2D eigenvalue weighted by Crippen LogP contribution is 2.22. The third-order valence-electron chi connectivity index (χ3n) is 2.43. The molecule has 1 rings (SSSR count). The van der Waals surface area contributed by atoms with E-state index in [1.165, 1.54) is 0 Å². The van der Waals surface area contributed by atoms with E-state index in [1.54, 1.807) is 0 Å². The van der Waals surface area contributed by atoms with Gasteiger partial charge in [0.05, 0.1) is 14.0 Å². The number of ether oxygens (including phenoxy) is 2. The number of aliphatic carboxylic acids is 1. The van der Waals surface area contributed by atoms with Crippen molar-refractivity contribution in [1.29, 1.82) is 0 Å². The van der Waals surface area contributed by atoms with E-state index >= 15 is 0 Å². The summed E-state index contributed by atoms with van der Waals surface area (Å²) in [5.41, 5.74) is 5.49. The Morgan fingerprint density at radius 2 is 2.24 bits per heavy atom. The second-order valence-corrected chi connectivity index (χ2v) is 3.72. The lowest BCUT2D eigenvalue weighted by Gasteiger charge is -2.41. The predicted molar refractivity (Wildman–Crippen MR) is 53.9 cm³/mol. The first kappa shape index (κ1) is 12.7. The molecule has 0 radical (unpaired) electrons. The quantitative estimate of drug-likeness (QED) is 0.362. The fraction of sp³-hybridized carbons (Fsp3) is 0.889. The lowest BCUT2D eigenvalue weighted by atomic mass is 9.97. The minimum absolute atomic E-state index is 0.670. The number of carboxylic acids is 1. The molecule has 0 saturated carbocycles. The summed E-state index contributed by atoms with van der Waals surface area (Å²) in [6.45, 7) is 0.490. The Morgan fingerprint density at radius 1 is 1.65 bits per heavy atom. The van der Waals surface area contributed by atoms with Crippen LogP contribution in [0.1, 0.15) is 8.29 Å². The summed E-state index contributed by atoms with van der Waals surface area (Å²) in [5, 5.41) is 37.0. The standard InChI is InChI=1S/C9H17NO7/c1-3(8(13)14)16-7-5(10)9(15)17-4(2-11)6(7)12/h3-7,9,11-12,15H,2,10H2,1H3,(H,13,14)/t3-,4-,5-,6-,7-,9?/m1/s1/i7D. The van der Waals surface area contributed by atoms with Crippen molar-refractivity contribution in [2.75, 3.05) is 6.61 Å². The maximum absolute atomic E-state index is 10.7. The highest BCUT2D eigenvalue weighted by atomic mass is 16.6. The summed E-state index contributed by atoms with van der Waals surface area (Å²) in [4.78, 5) is 10.7. The van der Waals surface area contributed by atoms with E-state index in [9.17, 15) is 15.0 Å². The van der Waals surface area contributed by atoms with E-state index in [0.29, 0.717) is 0 Å². The van der Waals surface area contributed by atoms with Crippen molar-refractivity contribution in [2.24, 2.45) is 5.73 Å². The SMILES string of the molecule is [2H][C@]1(O[C@H](C)C(=O)O)[C@H](O)[C@@H](CO)OC(O)[C@@H]1N. The monoisotopic (exact) mass is 252 g/mol. The molecule has 8 heteroatoms. The number of hydrogen-bond acceptors (Lipinski definition) is 7. The van der Waals surface area contributed by atoms with Gasteiger partial charge in [0, 0.05) is 0 Å². The molecule has 1 saturated heterocycles. The van der Waals surface area contributed by atoms with Gasteiger partial charge in [-0.05, 0) is 6.92 Å². The number of hydrogen-bond donors (Lipinski definition) is 5. The second kappa shape index (κ2) is 5.71. The van der Waals surface area contributed by atoms with Crippen LogP contribution in [-0.2, 0) is 14.3 Å². The molecule has 1 unspecified atom stereocenters. The molecule has 6 atom stereocenters. The van der Waals surface area contributed by atoms with Crippen molar-refractivity contribution in [1.82, 2.24) is 0 Å². The van der Waals surface area contributed by atoms with Gasteiger partial charge in [-0.25, -0.2) is 4.79 Å². The predicted octanol–water partition coefficient (Wildman–Crippen LogP) is -2.76. The third kappa shape index (κ3) is 3.12. The van der Waals surface area contributed by atoms with E-state index in [2.05, 4.69) is 0 Å². The molecule has 0 amide bonds. The Bertz CT molecular complexity index is 317. The summed E-state index contributed by atoms with van der Waals surface area (Å²) in [6.07, 6.45) is -8.32. The van der Waals surface area contributed by atoms with Gasteiger partial charge in [0.1, 0.15) is 18.3 Å². The number of aliphatic hydroxyl groups is 3. The molecule has 0 aromatic heterocycles. The topological polar surface area (TPSA) is 142 Å². The van der Waals surface area contributed by atoms with Gasteiger partial charge in [0.2, 0.25) is 0 Å². The summed E-state index contributed by atoms with van der Waals surface area (Å²) in [5.74, 6) is -1.34. The van der Waals surface area contributed by atoms with E-state index in [4.69, 9.17) is 26.8 Å². The van der Waals surface area contributed by atoms with E-state index in [1.807, 2.05) is 0 Å². The molecular weight excluding hydrogens is 234 g/mol. The summed E-state index contributed by atoms with van der Waals surface area (Å²) in [6, 6.07) is -1.47. The Kier molecular flexibility index (Phi) is 4.26. The summed E-state index contributed by atoms with van der Waals surface area (Å²) >= 11 is 0. The Morgan fingerprint density at radius 3 is 2.71 bits per heavy atom. The number of aliphatic hydroxyl groups excluding tert-OH is 3.